The van der Waals surface area contributed by atoms with Crippen LogP contribution in [-0.4, -0.2) is 31.0 Å². The minimum absolute atomic E-state index is 0.0519. The van der Waals surface area contributed by atoms with Gasteiger partial charge in [0.25, 0.3) is 0 Å². The quantitative estimate of drug-likeness (QED) is 0.800. The highest BCUT2D eigenvalue weighted by molar-refractivity contribution is 7.91. The molecule has 0 saturated heterocycles. The van der Waals surface area contributed by atoms with Crippen LogP contribution in [-0.2, 0) is 21.1 Å². The lowest BCUT2D eigenvalue weighted by Crippen LogP contribution is -2.21. The number of rotatable bonds is 8. The Morgan fingerprint density at radius 2 is 1.80 bits per heavy atom. The highest BCUT2D eigenvalue weighted by Gasteiger charge is 2.21. The van der Waals surface area contributed by atoms with Gasteiger partial charge in [0, 0.05) is 5.75 Å². The molecule has 5 heteroatoms. The molecule has 0 bridgehead atoms. The third-order valence-corrected chi connectivity index (χ3v) is 5.13. The number of aliphatic carboxylic acids is 1. The maximum absolute atomic E-state index is 11.7. The van der Waals surface area contributed by atoms with Crippen molar-refractivity contribution in [3.8, 4) is 0 Å². The summed E-state index contributed by atoms with van der Waals surface area (Å²) in [5.41, 5.74) is 2.04. The van der Waals surface area contributed by atoms with Crippen LogP contribution in [0.2, 0.25) is 0 Å². The van der Waals surface area contributed by atoms with Gasteiger partial charge in [0.05, 0.1) is 11.7 Å². The molecule has 0 aromatic heterocycles. The molecule has 112 valence electrons. The first kappa shape index (κ1) is 16.7. The molecule has 0 aliphatic rings. The molecule has 1 N–H and O–H groups in total. The normalized spacial score (nSPS) is 13.1. The summed E-state index contributed by atoms with van der Waals surface area (Å²) < 4.78 is 23.3. The number of carbonyl (C=O) groups is 1. The van der Waals surface area contributed by atoms with Crippen molar-refractivity contribution in [2.24, 2.45) is 5.92 Å². The van der Waals surface area contributed by atoms with E-state index < -0.39 is 21.7 Å². The summed E-state index contributed by atoms with van der Waals surface area (Å²) in [5, 5.41) is 9.22. The van der Waals surface area contributed by atoms with E-state index in [2.05, 4.69) is 0 Å². The lowest BCUT2D eigenvalue weighted by molar-refractivity contribution is -0.141. The van der Waals surface area contributed by atoms with Gasteiger partial charge < -0.3 is 5.11 Å². The lowest BCUT2D eigenvalue weighted by Gasteiger charge is -2.12. The standard InChI is InChI=1S/C15H22O4S/c1-3-9-20(18,19)10-8-14(15(16)17)11-13-6-4-12(2)5-7-13/h4-7,14H,3,8-11H2,1-2H3,(H,16,17). The zero-order valence-corrected chi connectivity index (χ0v) is 12.8. The number of sulfone groups is 1. The molecule has 0 aliphatic heterocycles. The van der Waals surface area contributed by atoms with E-state index in [9.17, 15) is 18.3 Å². The zero-order chi connectivity index (χ0) is 15.2. The molecule has 4 nitrogen and oxygen atoms in total. The molecule has 1 unspecified atom stereocenters. The van der Waals surface area contributed by atoms with Crippen LogP contribution in [0.5, 0.6) is 0 Å². The molecule has 1 aromatic rings. The third kappa shape index (κ3) is 5.74. The van der Waals surface area contributed by atoms with E-state index in [1.165, 1.54) is 0 Å². The number of benzene rings is 1. The predicted octanol–water partition coefficient (Wildman–Crippen LogP) is 2.45. The first-order valence-electron chi connectivity index (χ1n) is 6.83. The summed E-state index contributed by atoms with van der Waals surface area (Å²) in [4.78, 5) is 11.3. The highest BCUT2D eigenvalue weighted by Crippen LogP contribution is 2.15. The molecule has 0 saturated carbocycles. The highest BCUT2D eigenvalue weighted by atomic mass is 32.2. The number of hydrogen-bond acceptors (Lipinski definition) is 3. The Labute approximate surface area is 120 Å². The van der Waals surface area contributed by atoms with E-state index in [4.69, 9.17) is 0 Å². The molecule has 20 heavy (non-hydrogen) atoms. The molecule has 0 heterocycles. The molecular formula is C15H22O4S. The van der Waals surface area contributed by atoms with E-state index in [0.29, 0.717) is 12.8 Å². The maximum Gasteiger partial charge on any atom is 0.306 e. The molecule has 0 radical (unpaired) electrons. The second kappa shape index (κ2) is 7.43. The van der Waals surface area contributed by atoms with Crippen LogP contribution in [0.1, 0.15) is 30.9 Å². The molecule has 0 amide bonds. The van der Waals surface area contributed by atoms with Crippen molar-refractivity contribution in [1.29, 1.82) is 0 Å². The van der Waals surface area contributed by atoms with Gasteiger partial charge in [0.1, 0.15) is 9.84 Å². The van der Waals surface area contributed by atoms with Gasteiger partial charge in [-0.05, 0) is 31.7 Å². The Hall–Kier alpha value is -1.36. The fraction of sp³-hybridized carbons (Fsp3) is 0.533. The Morgan fingerprint density at radius 1 is 1.20 bits per heavy atom. The van der Waals surface area contributed by atoms with Gasteiger partial charge >= 0.3 is 5.97 Å². The molecular weight excluding hydrogens is 276 g/mol. The summed E-state index contributed by atoms with van der Waals surface area (Å²) >= 11 is 0. The van der Waals surface area contributed by atoms with Crippen LogP contribution in [0.25, 0.3) is 0 Å². The third-order valence-electron chi connectivity index (χ3n) is 3.24. The smallest absolute Gasteiger partial charge is 0.306 e. The first-order chi connectivity index (χ1) is 9.34. The first-order valence-corrected chi connectivity index (χ1v) is 8.65. The summed E-state index contributed by atoms with van der Waals surface area (Å²) in [6, 6.07) is 7.65. The molecule has 1 aromatic carbocycles. The van der Waals surface area contributed by atoms with Gasteiger partial charge in [0.2, 0.25) is 0 Å². The van der Waals surface area contributed by atoms with Crippen molar-refractivity contribution in [2.45, 2.75) is 33.1 Å². The van der Waals surface area contributed by atoms with Gasteiger partial charge in [-0.2, -0.15) is 0 Å². The summed E-state index contributed by atoms with van der Waals surface area (Å²) in [5.74, 6) is -1.50. The van der Waals surface area contributed by atoms with Gasteiger partial charge in [0.15, 0.2) is 0 Å². The molecule has 0 spiro atoms. The van der Waals surface area contributed by atoms with Crippen molar-refractivity contribution < 1.29 is 18.3 Å². The van der Waals surface area contributed by atoms with E-state index in [1.807, 2.05) is 31.2 Å². The summed E-state index contributed by atoms with van der Waals surface area (Å²) in [7, 11) is -3.12. The van der Waals surface area contributed by atoms with Crippen molar-refractivity contribution in [1.82, 2.24) is 0 Å². The molecule has 0 aliphatic carbocycles. The molecule has 1 atom stereocenters. The van der Waals surface area contributed by atoms with Crippen molar-refractivity contribution in [3.05, 3.63) is 35.4 Å². The Bertz CT molecular complexity index is 531. The number of hydrogen-bond donors (Lipinski definition) is 1. The SMILES string of the molecule is CCCS(=O)(=O)CCC(Cc1ccc(C)cc1)C(=O)O. The zero-order valence-electron chi connectivity index (χ0n) is 12.0. The minimum Gasteiger partial charge on any atom is -0.481 e. The van der Waals surface area contributed by atoms with Crippen molar-refractivity contribution >= 4 is 15.8 Å². The minimum atomic E-state index is -3.12. The second-order valence-electron chi connectivity index (χ2n) is 5.17. The van der Waals surface area contributed by atoms with Crippen molar-refractivity contribution in [2.75, 3.05) is 11.5 Å². The van der Waals surface area contributed by atoms with E-state index >= 15 is 0 Å². The van der Waals surface area contributed by atoms with Crippen LogP contribution in [0.15, 0.2) is 24.3 Å². The Kier molecular flexibility index (Phi) is 6.20. The summed E-state index contributed by atoms with van der Waals surface area (Å²) in [6.07, 6.45) is 1.11. The van der Waals surface area contributed by atoms with E-state index in [0.717, 1.165) is 11.1 Å². The van der Waals surface area contributed by atoms with E-state index in [-0.39, 0.29) is 17.9 Å². The topological polar surface area (TPSA) is 71.4 Å². The van der Waals surface area contributed by atoms with Crippen LogP contribution in [0.4, 0.5) is 0 Å². The largest absolute Gasteiger partial charge is 0.481 e. The van der Waals surface area contributed by atoms with Crippen LogP contribution >= 0.6 is 0 Å². The van der Waals surface area contributed by atoms with E-state index in [1.54, 1.807) is 6.92 Å². The lowest BCUT2D eigenvalue weighted by atomic mass is 9.96. The van der Waals surface area contributed by atoms with Gasteiger partial charge in [-0.25, -0.2) is 8.42 Å². The molecule has 0 fully saturated rings. The number of aryl methyl sites for hydroxylation is 1. The van der Waals surface area contributed by atoms with Crippen LogP contribution < -0.4 is 0 Å². The monoisotopic (exact) mass is 298 g/mol. The maximum atomic E-state index is 11.7. The number of carboxylic acids is 1. The molecule has 1 rings (SSSR count). The fourth-order valence-corrected chi connectivity index (χ4v) is 3.53. The Balaban J connectivity index is 2.66. The van der Waals surface area contributed by atoms with Crippen LogP contribution in [0, 0.1) is 12.8 Å². The van der Waals surface area contributed by atoms with Gasteiger partial charge in [-0.1, -0.05) is 36.8 Å². The number of carboxylic acid groups (broad SMARTS) is 1. The predicted molar refractivity (Wildman–Crippen MR) is 79.6 cm³/mol. The van der Waals surface area contributed by atoms with Crippen molar-refractivity contribution in [3.63, 3.8) is 0 Å². The summed E-state index contributed by atoms with van der Waals surface area (Å²) in [6.45, 7) is 3.77. The average molecular weight is 298 g/mol. The van der Waals surface area contributed by atoms with Crippen LogP contribution in [0.3, 0.4) is 0 Å². The Morgan fingerprint density at radius 3 is 2.30 bits per heavy atom. The average Bonchev–Trinajstić information content (AvgIpc) is 2.36. The fourth-order valence-electron chi connectivity index (χ4n) is 2.06. The second-order valence-corrected chi connectivity index (χ2v) is 7.47. The van der Waals surface area contributed by atoms with Gasteiger partial charge in [-0.15, -0.1) is 0 Å². The van der Waals surface area contributed by atoms with Gasteiger partial charge in [-0.3, -0.25) is 4.79 Å².